The number of ether oxygens (including phenoxy) is 5. The summed E-state index contributed by atoms with van der Waals surface area (Å²) in [6.07, 6.45) is -7.77. The first kappa shape index (κ1) is 27.6. The van der Waals surface area contributed by atoms with Crippen LogP contribution in [0.2, 0.25) is 0 Å². The first-order chi connectivity index (χ1) is 15.9. The van der Waals surface area contributed by atoms with E-state index in [2.05, 4.69) is 0 Å². The Morgan fingerprint density at radius 1 is 0.824 bits per heavy atom. The fourth-order valence-electron chi connectivity index (χ4n) is 3.00. The Labute approximate surface area is 199 Å². The molecule has 0 spiro atoms. The second kappa shape index (κ2) is 12.1. The Morgan fingerprint density at radius 3 is 1.88 bits per heavy atom. The Bertz CT molecular complexity index is 994. The van der Waals surface area contributed by atoms with Gasteiger partial charge in [0.25, 0.3) is 0 Å². The average Bonchev–Trinajstić information content (AvgIpc) is 2.70. The Hall–Kier alpha value is -2.68. The van der Waals surface area contributed by atoms with Crippen molar-refractivity contribution in [2.24, 2.45) is 0 Å². The van der Waals surface area contributed by atoms with Crippen LogP contribution in [0.4, 0.5) is 0 Å². The highest BCUT2D eigenvalue weighted by Gasteiger charge is 2.54. The predicted molar refractivity (Wildman–Crippen MR) is 114 cm³/mol. The third kappa shape index (κ3) is 8.59. The molecule has 1 aromatic carbocycles. The SMILES string of the molecule is CC(=O)OC[C@H]1O[C@@H](OS(=O)(=O)Sc2ccccc2)[C@H](OC(C)=O)[C@@H](OC(C)=O)[C@@H]1OC(C)=O. The fourth-order valence-corrected chi connectivity index (χ4v) is 5.32. The van der Waals surface area contributed by atoms with E-state index < -0.39 is 70.3 Å². The van der Waals surface area contributed by atoms with Gasteiger partial charge in [-0.1, -0.05) is 18.2 Å². The molecule has 34 heavy (non-hydrogen) atoms. The van der Waals surface area contributed by atoms with Crippen molar-refractivity contribution in [2.45, 2.75) is 63.3 Å². The average molecular weight is 521 g/mol. The molecule has 0 unspecified atom stereocenters. The van der Waals surface area contributed by atoms with Crippen molar-refractivity contribution in [1.82, 2.24) is 0 Å². The van der Waals surface area contributed by atoms with Crippen molar-refractivity contribution in [2.75, 3.05) is 6.61 Å². The van der Waals surface area contributed by atoms with Crippen LogP contribution in [-0.4, -0.2) is 69.6 Å². The lowest BCUT2D eigenvalue weighted by molar-refractivity contribution is -0.287. The van der Waals surface area contributed by atoms with Gasteiger partial charge in [-0.25, -0.2) is 4.18 Å². The van der Waals surface area contributed by atoms with Crippen LogP contribution in [0.5, 0.6) is 0 Å². The Morgan fingerprint density at radius 2 is 1.35 bits per heavy atom. The number of rotatable bonds is 9. The number of hydrogen-bond donors (Lipinski definition) is 0. The molecule has 0 N–H and O–H groups in total. The van der Waals surface area contributed by atoms with E-state index in [-0.39, 0.29) is 0 Å². The fraction of sp³-hybridized carbons (Fsp3) is 0.500. The number of carbonyl (C=O) groups excluding carboxylic acids is 4. The first-order valence-corrected chi connectivity index (χ1v) is 12.6. The second-order valence-corrected chi connectivity index (χ2v) is 10.3. The third-order valence-corrected chi connectivity index (χ3v) is 6.62. The standard InChI is InChI=1S/C20H24O12S2/c1-11(21)27-10-16-17(28-12(2)22)18(29-13(3)23)19(30-14(4)24)20(31-16)32-34(25,26)33-15-8-6-5-7-9-15/h5-9,16-20H,10H2,1-4H3/t16-,17-,18+,19-,20+/m1/s1. The van der Waals surface area contributed by atoms with Gasteiger partial charge in [0, 0.05) is 43.4 Å². The lowest BCUT2D eigenvalue weighted by atomic mass is 9.98. The summed E-state index contributed by atoms with van der Waals surface area (Å²) in [5.74, 6) is -3.26. The van der Waals surface area contributed by atoms with Gasteiger partial charge in [-0.15, -0.1) is 0 Å². The molecule has 1 heterocycles. The summed E-state index contributed by atoms with van der Waals surface area (Å²) in [6.45, 7) is 3.75. The smallest absolute Gasteiger partial charge is 0.329 e. The van der Waals surface area contributed by atoms with Crippen LogP contribution in [0.15, 0.2) is 35.2 Å². The molecule has 1 aliphatic rings. The molecule has 0 aliphatic carbocycles. The highest BCUT2D eigenvalue weighted by atomic mass is 33.1. The molecule has 1 saturated heterocycles. The van der Waals surface area contributed by atoms with Crippen LogP contribution in [0.3, 0.4) is 0 Å². The minimum atomic E-state index is -4.41. The second-order valence-electron chi connectivity index (χ2n) is 6.97. The van der Waals surface area contributed by atoms with Gasteiger partial charge in [0.2, 0.25) is 6.29 Å². The van der Waals surface area contributed by atoms with Crippen molar-refractivity contribution in [3.05, 3.63) is 30.3 Å². The highest BCUT2D eigenvalue weighted by Crippen LogP contribution is 2.34. The van der Waals surface area contributed by atoms with Gasteiger partial charge < -0.3 is 23.7 Å². The minimum absolute atomic E-state index is 0.327. The zero-order valence-corrected chi connectivity index (χ0v) is 20.3. The van der Waals surface area contributed by atoms with E-state index in [1.807, 2.05) is 0 Å². The summed E-state index contributed by atoms with van der Waals surface area (Å²) < 4.78 is 56.7. The zero-order valence-electron chi connectivity index (χ0n) is 18.7. The van der Waals surface area contributed by atoms with Crippen molar-refractivity contribution in [1.29, 1.82) is 0 Å². The van der Waals surface area contributed by atoms with Crippen LogP contribution in [0.25, 0.3) is 0 Å². The van der Waals surface area contributed by atoms with Crippen molar-refractivity contribution in [3.8, 4) is 0 Å². The molecule has 14 heteroatoms. The maximum atomic E-state index is 12.7. The molecule has 0 aromatic heterocycles. The highest BCUT2D eigenvalue weighted by molar-refractivity contribution is 8.70. The molecule has 0 saturated carbocycles. The summed E-state index contributed by atoms with van der Waals surface area (Å²) in [5.41, 5.74) is 0. The van der Waals surface area contributed by atoms with E-state index in [4.69, 9.17) is 27.9 Å². The topological polar surface area (TPSA) is 158 Å². The zero-order chi connectivity index (χ0) is 25.5. The minimum Gasteiger partial charge on any atom is -0.463 e. The molecular formula is C20H24O12S2. The molecule has 1 fully saturated rings. The summed E-state index contributed by atoms with van der Waals surface area (Å²) in [4.78, 5) is 46.9. The monoisotopic (exact) mass is 520 g/mol. The number of benzene rings is 1. The van der Waals surface area contributed by atoms with E-state index in [9.17, 15) is 27.6 Å². The molecule has 0 radical (unpaired) electrons. The van der Waals surface area contributed by atoms with Gasteiger partial charge >= 0.3 is 33.0 Å². The van der Waals surface area contributed by atoms with Crippen molar-refractivity contribution >= 4 is 43.8 Å². The molecule has 1 aliphatic heterocycles. The summed E-state index contributed by atoms with van der Waals surface area (Å²) in [7, 11) is -4.05. The van der Waals surface area contributed by atoms with E-state index in [1.165, 1.54) is 12.1 Å². The van der Waals surface area contributed by atoms with E-state index in [0.717, 1.165) is 27.7 Å². The van der Waals surface area contributed by atoms with Crippen LogP contribution < -0.4 is 0 Å². The number of carbonyl (C=O) groups is 4. The van der Waals surface area contributed by atoms with Crippen LogP contribution in [-0.2, 0) is 56.2 Å². The Kier molecular flexibility index (Phi) is 9.85. The molecular weight excluding hydrogens is 496 g/mol. The maximum absolute atomic E-state index is 12.7. The quantitative estimate of drug-likeness (QED) is 0.259. The number of esters is 4. The third-order valence-electron chi connectivity index (χ3n) is 4.10. The number of hydrogen-bond acceptors (Lipinski definition) is 13. The van der Waals surface area contributed by atoms with Gasteiger partial charge in [-0.05, 0) is 12.1 Å². The Balaban J connectivity index is 2.43. The summed E-state index contributed by atoms with van der Waals surface area (Å²) >= 11 is 0. The molecule has 188 valence electrons. The molecule has 2 rings (SSSR count). The van der Waals surface area contributed by atoms with E-state index >= 15 is 0 Å². The maximum Gasteiger partial charge on any atom is 0.329 e. The molecule has 5 atom stereocenters. The van der Waals surface area contributed by atoms with Crippen LogP contribution >= 0.6 is 10.8 Å². The van der Waals surface area contributed by atoms with Crippen LogP contribution in [0, 0.1) is 0 Å². The van der Waals surface area contributed by atoms with Crippen LogP contribution in [0.1, 0.15) is 27.7 Å². The van der Waals surface area contributed by atoms with Gasteiger partial charge in [0.15, 0.2) is 18.3 Å². The van der Waals surface area contributed by atoms with Crippen molar-refractivity contribution in [3.63, 3.8) is 0 Å². The van der Waals surface area contributed by atoms with Gasteiger partial charge in [0.1, 0.15) is 12.7 Å². The lowest BCUT2D eigenvalue weighted by Crippen LogP contribution is -2.63. The van der Waals surface area contributed by atoms with Gasteiger partial charge in [-0.2, -0.15) is 8.42 Å². The largest absolute Gasteiger partial charge is 0.463 e. The normalized spacial score (nSPS) is 24.5. The summed E-state index contributed by atoms with van der Waals surface area (Å²) in [6, 6.07) is 7.98. The molecule has 0 amide bonds. The molecule has 0 bridgehead atoms. The van der Waals surface area contributed by atoms with E-state index in [0.29, 0.717) is 15.7 Å². The van der Waals surface area contributed by atoms with Gasteiger partial charge in [-0.3, -0.25) is 19.2 Å². The molecule has 1 aromatic rings. The lowest BCUT2D eigenvalue weighted by Gasteiger charge is -2.43. The molecule has 12 nitrogen and oxygen atoms in total. The van der Waals surface area contributed by atoms with E-state index in [1.54, 1.807) is 18.2 Å². The van der Waals surface area contributed by atoms with Crippen molar-refractivity contribution < 1.29 is 55.5 Å². The first-order valence-electron chi connectivity index (χ1n) is 9.86. The summed E-state index contributed by atoms with van der Waals surface area (Å²) in [5, 5.41) is 0. The predicted octanol–water partition coefficient (Wildman–Crippen LogP) is 1.12. The van der Waals surface area contributed by atoms with Gasteiger partial charge in [0.05, 0.1) is 0 Å².